The standard InChI is InChI=1S/C12H17NO4/c1-3-4-16-5-6-17-11-8-10(12(14)15)7-9(2)13-11/h7-8H,3-6H2,1-2H3,(H,14,15). The van der Waals surface area contributed by atoms with Gasteiger partial charge in [0.25, 0.3) is 0 Å². The molecule has 1 aromatic heterocycles. The third-order valence-corrected chi connectivity index (χ3v) is 2.00. The van der Waals surface area contributed by atoms with Crippen molar-refractivity contribution in [2.45, 2.75) is 20.3 Å². The molecule has 1 heterocycles. The Labute approximate surface area is 100 Å². The fraction of sp³-hybridized carbons (Fsp3) is 0.500. The third-order valence-electron chi connectivity index (χ3n) is 2.00. The normalized spacial score (nSPS) is 10.2. The average Bonchev–Trinajstić information content (AvgIpc) is 2.28. The number of aromatic nitrogens is 1. The maximum Gasteiger partial charge on any atom is 0.335 e. The predicted molar refractivity (Wildman–Crippen MR) is 62.5 cm³/mol. The first-order valence-electron chi connectivity index (χ1n) is 5.56. The van der Waals surface area contributed by atoms with Gasteiger partial charge in [-0.2, -0.15) is 0 Å². The van der Waals surface area contributed by atoms with Crippen LogP contribution in [0.15, 0.2) is 12.1 Å². The quantitative estimate of drug-likeness (QED) is 0.736. The van der Waals surface area contributed by atoms with Crippen molar-refractivity contribution in [3.05, 3.63) is 23.4 Å². The summed E-state index contributed by atoms with van der Waals surface area (Å²) in [6.45, 7) is 5.31. The second-order valence-electron chi connectivity index (χ2n) is 3.60. The molecule has 0 atom stereocenters. The van der Waals surface area contributed by atoms with E-state index in [0.717, 1.165) is 6.42 Å². The van der Waals surface area contributed by atoms with E-state index in [1.54, 1.807) is 6.92 Å². The molecule has 0 aliphatic heterocycles. The van der Waals surface area contributed by atoms with Gasteiger partial charge >= 0.3 is 5.97 Å². The van der Waals surface area contributed by atoms with Crippen LogP contribution >= 0.6 is 0 Å². The Kier molecular flexibility index (Phi) is 5.42. The molecule has 5 nitrogen and oxygen atoms in total. The highest BCUT2D eigenvalue weighted by atomic mass is 16.5. The zero-order valence-corrected chi connectivity index (χ0v) is 10.1. The van der Waals surface area contributed by atoms with Crippen LogP contribution in [0, 0.1) is 6.92 Å². The maximum atomic E-state index is 10.8. The minimum atomic E-state index is -0.984. The Morgan fingerprint density at radius 1 is 1.35 bits per heavy atom. The molecule has 1 N–H and O–H groups in total. The lowest BCUT2D eigenvalue weighted by Crippen LogP contribution is -2.09. The molecule has 0 aromatic carbocycles. The number of hydrogen-bond donors (Lipinski definition) is 1. The van der Waals surface area contributed by atoms with Gasteiger partial charge in [-0.05, 0) is 19.4 Å². The molecular weight excluding hydrogens is 222 g/mol. The summed E-state index contributed by atoms with van der Waals surface area (Å²) in [6.07, 6.45) is 0.964. The number of carboxylic acid groups (broad SMARTS) is 1. The lowest BCUT2D eigenvalue weighted by molar-refractivity contribution is 0.0695. The van der Waals surface area contributed by atoms with Gasteiger partial charge in [0, 0.05) is 18.4 Å². The van der Waals surface area contributed by atoms with Crippen LogP contribution in [0.4, 0.5) is 0 Å². The number of pyridine rings is 1. The Morgan fingerprint density at radius 3 is 2.76 bits per heavy atom. The molecule has 0 bridgehead atoms. The molecule has 1 aromatic rings. The van der Waals surface area contributed by atoms with Gasteiger partial charge < -0.3 is 14.6 Å². The summed E-state index contributed by atoms with van der Waals surface area (Å²) in [5, 5.41) is 8.87. The summed E-state index contributed by atoms with van der Waals surface area (Å²) in [5.74, 6) is -0.662. The number of nitrogens with zero attached hydrogens (tertiary/aromatic N) is 1. The first-order chi connectivity index (χ1) is 8.13. The van der Waals surface area contributed by atoms with Crippen molar-refractivity contribution in [2.24, 2.45) is 0 Å². The van der Waals surface area contributed by atoms with Crippen molar-refractivity contribution in [3.8, 4) is 5.88 Å². The highest BCUT2D eigenvalue weighted by Crippen LogP contribution is 2.12. The lowest BCUT2D eigenvalue weighted by atomic mass is 10.2. The van der Waals surface area contributed by atoms with E-state index in [0.29, 0.717) is 31.4 Å². The smallest absolute Gasteiger partial charge is 0.335 e. The van der Waals surface area contributed by atoms with Crippen molar-refractivity contribution in [1.82, 2.24) is 4.98 Å². The largest absolute Gasteiger partial charge is 0.478 e. The maximum absolute atomic E-state index is 10.8. The topological polar surface area (TPSA) is 68.7 Å². The van der Waals surface area contributed by atoms with E-state index in [-0.39, 0.29) is 5.56 Å². The van der Waals surface area contributed by atoms with Crippen LogP contribution in [0.1, 0.15) is 29.4 Å². The molecular formula is C12H17NO4. The number of carboxylic acids is 1. The van der Waals surface area contributed by atoms with Crippen LogP contribution in [-0.2, 0) is 4.74 Å². The summed E-state index contributed by atoms with van der Waals surface area (Å²) < 4.78 is 10.6. The molecule has 0 radical (unpaired) electrons. The molecule has 0 fully saturated rings. The molecule has 1 rings (SSSR count). The molecule has 94 valence electrons. The van der Waals surface area contributed by atoms with Crippen molar-refractivity contribution < 1.29 is 19.4 Å². The summed E-state index contributed by atoms with van der Waals surface area (Å²) in [6, 6.07) is 2.91. The predicted octanol–water partition coefficient (Wildman–Crippen LogP) is 1.89. The van der Waals surface area contributed by atoms with E-state index in [2.05, 4.69) is 4.98 Å². The Balaban J connectivity index is 2.50. The van der Waals surface area contributed by atoms with E-state index < -0.39 is 5.97 Å². The van der Waals surface area contributed by atoms with Gasteiger partial charge in [0.05, 0.1) is 12.2 Å². The summed E-state index contributed by atoms with van der Waals surface area (Å²) in [4.78, 5) is 14.9. The molecule has 0 saturated heterocycles. The van der Waals surface area contributed by atoms with E-state index in [4.69, 9.17) is 14.6 Å². The minimum absolute atomic E-state index is 0.182. The Bertz CT molecular complexity index is 379. The first kappa shape index (κ1) is 13.4. The number of carbonyl (C=O) groups is 1. The van der Waals surface area contributed by atoms with Gasteiger partial charge in [-0.1, -0.05) is 6.92 Å². The number of aromatic carboxylic acids is 1. The SMILES string of the molecule is CCCOCCOc1cc(C(=O)O)cc(C)n1. The van der Waals surface area contributed by atoms with Crippen LogP contribution in [-0.4, -0.2) is 35.9 Å². The van der Waals surface area contributed by atoms with Crippen molar-refractivity contribution in [3.63, 3.8) is 0 Å². The molecule has 0 amide bonds. The van der Waals surface area contributed by atoms with E-state index in [9.17, 15) is 4.79 Å². The molecule has 0 unspecified atom stereocenters. The minimum Gasteiger partial charge on any atom is -0.478 e. The molecule has 5 heteroatoms. The van der Waals surface area contributed by atoms with Crippen molar-refractivity contribution >= 4 is 5.97 Å². The highest BCUT2D eigenvalue weighted by molar-refractivity contribution is 5.87. The third kappa shape index (κ3) is 4.82. The number of ether oxygens (including phenoxy) is 2. The fourth-order valence-electron chi connectivity index (χ4n) is 1.29. The van der Waals surface area contributed by atoms with Crippen LogP contribution < -0.4 is 4.74 Å². The zero-order chi connectivity index (χ0) is 12.7. The number of aryl methyl sites for hydroxylation is 1. The summed E-state index contributed by atoms with van der Waals surface area (Å²) in [7, 11) is 0. The molecule has 0 saturated carbocycles. The van der Waals surface area contributed by atoms with Gasteiger partial charge in [-0.3, -0.25) is 0 Å². The zero-order valence-electron chi connectivity index (χ0n) is 10.1. The van der Waals surface area contributed by atoms with E-state index >= 15 is 0 Å². The molecule has 0 aliphatic carbocycles. The Morgan fingerprint density at radius 2 is 2.12 bits per heavy atom. The van der Waals surface area contributed by atoms with Crippen LogP contribution in [0.5, 0.6) is 5.88 Å². The Hall–Kier alpha value is -1.62. The summed E-state index contributed by atoms with van der Waals surface area (Å²) in [5.41, 5.74) is 0.802. The van der Waals surface area contributed by atoms with Gasteiger partial charge in [-0.25, -0.2) is 9.78 Å². The van der Waals surface area contributed by atoms with Crippen LogP contribution in [0.25, 0.3) is 0 Å². The highest BCUT2D eigenvalue weighted by Gasteiger charge is 2.07. The average molecular weight is 239 g/mol. The summed E-state index contributed by atoms with van der Waals surface area (Å²) >= 11 is 0. The molecule has 17 heavy (non-hydrogen) atoms. The fourth-order valence-corrected chi connectivity index (χ4v) is 1.29. The molecule has 0 spiro atoms. The molecule has 0 aliphatic rings. The lowest BCUT2D eigenvalue weighted by Gasteiger charge is -2.07. The van der Waals surface area contributed by atoms with Gasteiger partial charge in [0.1, 0.15) is 6.61 Å². The van der Waals surface area contributed by atoms with Crippen LogP contribution in [0.3, 0.4) is 0 Å². The monoisotopic (exact) mass is 239 g/mol. The van der Waals surface area contributed by atoms with Crippen molar-refractivity contribution in [2.75, 3.05) is 19.8 Å². The van der Waals surface area contributed by atoms with Gasteiger partial charge in [0.2, 0.25) is 5.88 Å². The van der Waals surface area contributed by atoms with E-state index in [1.165, 1.54) is 12.1 Å². The number of rotatable bonds is 7. The number of hydrogen-bond acceptors (Lipinski definition) is 4. The second-order valence-corrected chi connectivity index (χ2v) is 3.60. The first-order valence-corrected chi connectivity index (χ1v) is 5.56. The van der Waals surface area contributed by atoms with Crippen molar-refractivity contribution in [1.29, 1.82) is 0 Å². The van der Waals surface area contributed by atoms with Gasteiger partial charge in [-0.15, -0.1) is 0 Å². The van der Waals surface area contributed by atoms with Crippen LogP contribution in [0.2, 0.25) is 0 Å². The second kappa shape index (κ2) is 6.85. The van der Waals surface area contributed by atoms with Gasteiger partial charge in [0.15, 0.2) is 0 Å². The van der Waals surface area contributed by atoms with E-state index in [1.807, 2.05) is 6.92 Å².